The first kappa shape index (κ1) is 16.8. The van der Waals surface area contributed by atoms with Crippen molar-refractivity contribution < 1.29 is 18.8 Å². The number of nitrogens with zero attached hydrogens (tertiary/aromatic N) is 1. The molecule has 3 rings (SSSR count). The van der Waals surface area contributed by atoms with Gasteiger partial charge in [0.05, 0.1) is 6.54 Å². The van der Waals surface area contributed by atoms with Crippen LogP contribution in [-0.4, -0.2) is 30.3 Å². The lowest BCUT2D eigenvalue weighted by atomic mass is 10.0. The number of furan rings is 1. The summed E-state index contributed by atoms with van der Waals surface area (Å²) in [5.41, 5.74) is 2.22. The third-order valence-corrected chi connectivity index (χ3v) is 4.20. The maximum Gasteiger partial charge on any atom is 0.249 e. The van der Waals surface area contributed by atoms with E-state index >= 15 is 0 Å². The fourth-order valence-corrected chi connectivity index (χ4v) is 2.98. The molecule has 130 valence electrons. The number of nitrogens with one attached hydrogen (secondary N) is 2. The Bertz CT molecular complexity index is 803. The van der Waals surface area contributed by atoms with Gasteiger partial charge in [0.1, 0.15) is 18.0 Å². The molecule has 7 heteroatoms. The van der Waals surface area contributed by atoms with Gasteiger partial charge in [-0.05, 0) is 18.9 Å². The summed E-state index contributed by atoms with van der Waals surface area (Å²) < 4.78 is 5.63. The Kier molecular flexibility index (Phi) is 4.56. The van der Waals surface area contributed by atoms with Crippen LogP contribution in [0.1, 0.15) is 25.3 Å². The predicted molar refractivity (Wildman–Crippen MR) is 93.8 cm³/mol. The van der Waals surface area contributed by atoms with Gasteiger partial charge in [-0.1, -0.05) is 30.9 Å². The van der Waals surface area contributed by atoms with Crippen LogP contribution in [0.25, 0.3) is 5.57 Å². The summed E-state index contributed by atoms with van der Waals surface area (Å²) in [6, 6.07) is -0.753. The lowest BCUT2D eigenvalue weighted by Crippen LogP contribution is -2.56. The van der Waals surface area contributed by atoms with Gasteiger partial charge in [0.15, 0.2) is 0 Å². The molecular formula is C18H19N3O4. The van der Waals surface area contributed by atoms with Gasteiger partial charge < -0.3 is 9.73 Å². The minimum atomic E-state index is -0.753. The van der Waals surface area contributed by atoms with E-state index in [2.05, 4.69) is 17.2 Å². The van der Waals surface area contributed by atoms with Crippen molar-refractivity contribution in [3.05, 3.63) is 42.7 Å². The molecule has 0 aromatic carbocycles. The smallest absolute Gasteiger partial charge is 0.249 e. The van der Waals surface area contributed by atoms with E-state index in [4.69, 9.17) is 4.42 Å². The number of fused-ring (bicyclic) bond motifs is 1. The van der Waals surface area contributed by atoms with Gasteiger partial charge in [-0.2, -0.15) is 0 Å². The summed E-state index contributed by atoms with van der Waals surface area (Å²) in [5, 5.41) is 5.32. The van der Waals surface area contributed by atoms with Crippen molar-refractivity contribution in [1.29, 1.82) is 0 Å². The molecule has 1 aromatic rings. The number of hydrogen-bond acceptors (Lipinski definition) is 5. The van der Waals surface area contributed by atoms with E-state index in [0.29, 0.717) is 5.69 Å². The van der Waals surface area contributed by atoms with Crippen LogP contribution >= 0.6 is 0 Å². The van der Waals surface area contributed by atoms with Crippen molar-refractivity contribution in [2.45, 2.75) is 25.8 Å². The molecule has 1 atom stereocenters. The summed E-state index contributed by atoms with van der Waals surface area (Å²) in [5.74, 6) is -0.800. The summed E-state index contributed by atoms with van der Waals surface area (Å²) in [6.07, 6.45) is 9.34. The van der Waals surface area contributed by atoms with E-state index in [-0.39, 0.29) is 37.1 Å². The van der Waals surface area contributed by atoms with Gasteiger partial charge in [-0.25, -0.2) is 0 Å². The first-order chi connectivity index (χ1) is 12.1. The second kappa shape index (κ2) is 6.80. The molecule has 2 aliphatic rings. The van der Waals surface area contributed by atoms with Crippen LogP contribution in [0.4, 0.5) is 11.6 Å². The quantitative estimate of drug-likeness (QED) is 0.645. The standard InChI is InChI=1S/C18H19N3O4/c1-3-5-6-11(4-2)12-10-25-18-16(12)19-9-15(23)21(18)13-7-8-14(22)20-17(13)24/h3-6,10,13,19H,2,7-9H2,1H3,(H,20,22,24)/b5-3-,11-6+. The monoisotopic (exact) mass is 341 g/mol. The summed E-state index contributed by atoms with van der Waals surface area (Å²) in [7, 11) is 0. The fourth-order valence-electron chi connectivity index (χ4n) is 2.98. The van der Waals surface area contributed by atoms with E-state index in [1.165, 1.54) is 11.2 Å². The predicted octanol–water partition coefficient (Wildman–Crippen LogP) is 1.99. The number of piperidine rings is 1. The molecule has 1 saturated heterocycles. The van der Waals surface area contributed by atoms with Crippen LogP contribution in [0.2, 0.25) is 0 Å². The Morgan fingerprint density at radius 2 is 2.20 bits per heavy atom. The van der Waals surface area contributed by atoms with Crippen LogP contribution in [-0.2, 0) is 14.4 Å². The molecule has 1 fully saturated rings. The van der Waals surface area contributed by atoms with E-state index in [1.807, 2.05) is 25.2 Å². The Balaban J connectivity index is 2.00. The molecule has 0 spiro atoms. The van der Waals surface area contributed by atoms with Gasteiger partial charge in [-0.3, -0.25) is 24.6 Å². The van der Waals surface area contributed by atoms with Gasteiger partial charge in [0, 0.05) is 12.0 Å². The highest BCUT2D eigenvalue weighted by Crippen LogP contribution is 2.40. The van der Waals surface area contributed by atoms with Crippen molar-refractivity contribution in [3.63, 3.8) is 0 Å². The minimum absolute atomic E-state index is 0.0469. The van der Waals surface area contributed by atoms with Crippen molar-refractivity contribution in [1.82, 2.24) is 5.32 Å². The van der Waals surface area contributed by atoms with Gasteiger partial charge in [0.2, 0.25) is 23.6 Å². The van der Waals surface area contributed by atoms with Crippen molar-refractivity contribution in [2.75, 3.05) is 16.8 Å². The summed E-state index contributed by atoms with van der Waals surface area (Å²) >= 11 is 0. The molecule has 3 amide bonds. The van der Waals surface area contributed by atoms with E-state index in [1.54, 1.807) is 6.08 Å². The number of allylic oxidation sites excluding steroid dienone is 5. The van der Waals surface area contributed by atoms with E-state index in [0.717, 1.165) is 11.1 Å². The Morgan fingerprint density at radius 1 is 1.40 bits per heavy atom. The normalized spacial score (nSPS) is 21.2. The van der Waals surface area contributed by atoms with E-state index in [9.17, 15) is 14.4 Å². The van der Waals surface area contributed by atoms with Crippen LogP contribution < -0.4 is 15.5 Å². The van der Waals surface area contributed by atoms with Crippen molar-refractivity contribution in [3.8, 4) is 0 Å². The lowest BCUT2D eigenvalue weighted by Gasteiger charge is -2.34. The zero-order valence-electron chi connectivity index (χ0n) is 13.9. The fraction of sp³-hybridized carbons (Fsp3) is 0.278. The Morgan fingerprint density at radius 3 is 2.88 bits per heavy atom. The van der Waals surface area contributed by atoms with Crippen molar-refractivity contribution >= 4 is 34.9 Å². The third-order valence-electron chi connectivity index (χ3n) is 4.20. The maximum atomic E-state index is 12.4. The van der Waals surface area contributed by atoms with Crippen LogP contribution in [0.3, 0.4) is 0 Å². The second-order valence-corrected chi connectivity index (χ2v) is 5.77. The van der Waals surface area contributed by atoms with Crippen LogP contribution in [0.15, 0.2) is 41.6 Å². The number of carbonyl (C=O) groups is 3. The van der Waals surface area contributed by atoms with Gasteiger partial charge in [-0.15, -0.1) is 0 Å². The number of rotatable bonds is 4. The SMILES string of the molecule is C=C/C(=C\C=C/C)c1coc2c1NCC(=O)N2C1CCC(=O)NC1=O. The highest BCUT2D eigenvalue weighted by atomic mass is 16.4. The van der Waals surface area contributed by atoms with E-state index < -0.39 is 11.9 Å². The summed E-state index contributed by atoms with van der Waals surface area (Å²) in [6.45, 7) is 5.76. The molecular weight excluding hydrogens is 322 g/mol. The topological polar surface area (TPSA) is 91.7 Å². The highest BCUT2D eigenvalue weighted by molar-refractivity contribution is 6.10. The van der Waals surface area contributed by atoms with Gasteiger partial charge in [0.25, 0.3) is 0 Å². The minimum Gasteiger partial charge on any atom is -0.445 e. The molecule has 2 aliphatic heterocycles. The summed E-state index contributed by atoms with van der Waals surface area (Å²) in [4.78, 5) is 37.3. The number of imide groups is 1. The van der Waals surface area contributed by atoms with Crippen molar-refractivity contribution in [2.24, 2.45) is 0 Å². The molecule has 0 bridgehead atoms. The number of hydrogen-bond donors (Lipinski definition) is 2. The number of carbonyl (C=O) groups excluding carboxylic acids is 3. The zero-order chi connectivity index (χ0) is 18.0. The second-order valence-electron chi connectivity index (χ2n) is 5.77. The Hall–Kier alpha value is -3.09. The molecule has 0 saturated carbocycles. The van der Waals surface area contributed by atoms with Crippen LogP contribution in [0, 0.1) is 0 Å². The molecule has 25 heavy (non-hydrogen) atoms. The number of amides is 3. The average molecular weight is 341 g/mol. The molecule has 7 nitrogen and oxygen atoms in total. The highest BCUT2D eigenvalue weighted by Gasteiger charge is 2.40. The Labute approximate surface area is 145 Å². The van der Waals surface area contributed by atoms with Gasteiger partial charge >= 0.3 is 0 Å². The lowest BCUT2D eigenvalue weighted by molar-refractivity contribution is -0.135. The first-order valence-electron chi connectivity index (χ1n) is 8.03. The molecule has 0 aliphatic carbocycles. The third kappa shape index (κ3) is 3.00. The zero-order valence-corrected chi connectivity index (χ0v) is 13.9. The average Bonchev–Trinajstić information content (AvgIpc) is 3.01. The maximum absolute atomic E-state index is 12.4. The molecule has 0 radical (unpaired) electrons. The molecule has 1 unspecified atom stereocenters. The van der Waals surface area contributed by atoms with Crippen LogP contribution in [0.5, 0.6) is 0 Å². The molecule has 3 heterocycles. The number of anilines is 2. The molecule has 2 N–H and O–H groups in total. The largest absolute Gasteiger partial charge is 0.445 e. The molecule has 1 aromatic heterocycles. The first-order valence-corrected chi connectivity index (χ1v) is 8.03.